The third-order valence-electron chi connectivity index (χ3n) is 6.35. The fraction of sp³-hybridized carbons (Fsp3) is 0.609. The molecule has 1 aliphatic carbocycles. The van der Waals surface area contributed by atoms with Crippen LogP contribution in [-0.4, -0.2) is 48.4 Å². The number of fused-ring (bicyclic) bond motifs is 1. The summed E-state index contributed by atoms with van der Waals surface area (Å²) in [6, 6.07) is 2.49. The number of halogens is 6. The number of hydrogen-bond acceptors (Lipinski definition) is 4. The van der Waals surface area contributed by atoms with E-state index in [-0.39, 0.29) is 11.7 Å². The number of benzene rings is 1. The Kier molecular flexibility index (Phi) is 7.16. The summed E-state index contributed by atoms with van der Waals surface area (Å²) in [5.74, 6) is -8.93. The van der Waals surface area contributed by atoms with Crippen molar-refractivity contribution >= 4 is 17.6 Å². The molecule has 35 heavy (non-hydrogen) atoms. The summed E-state index contributed by atoms with van der Waals surface area (Å²) < 4.78 is 83.3. The molecule has 12 heteroatoms. The molecule has 6 nitrogen and oxygen atoms in total. The highest BCUT2D eigenvalue weighted by molar-refractivity contribution is 6.06. The van der Waals surface area contributed by atoms with E-state index in [0.717, 1.165) is 26.7 Å². The number of amides is 2. The molecular weight excluding hydrogens is 482 g/mol. The van der Waals surface area contributed by atoms with Gasteiger partial charge in [0, 0.05) is 11.5 Å². The lowest BCUT2D eigenvalue weighted by Crippen LogP contribution is -2.57. The fourth-order valence-corrected chi connectivity index (χ4v) is 3.82. The van der Waals surface area contributed by atoms with E-state index in [1.165, 1.54) is 30.4 Å². The van der Waals surface area contributed by atoms with E-state index < -0.39 is 65.5 Å². The second kappa shape index (κ2) is 9.34. The van der Waals surface area contributed by atoms with Crippen LogP contribution in [0.5, 0.6) is 5.75 Å². The lowest BCUT2D eigenvalue weighted by atomic mass is 9.84. The minimum absolute atomic E-state index is 0.252. The summed E-state index contributed by atoms with van der Waals surface area (Å²) in [5, 5.41) is 3.86. The highest BCUT2D eigenvalue weighted by atomic mass is 19.4. The monoisotopic (exact) mass is 508 g/mol. The Morgan fingerprint density at radius 3 is 2.29 bits per heavy atom. The van der Waals surface area contributed by atoms with Crippen LogP contribution in [0.3, 0.4) is 0 Å². The Morgan fingerprint density at radius 1 is 1.09 bits per heavy atom. The molecule has 194 valence electrons. The van der Waals surface area contributed by atoms with Crippen molar-refractivity contribution in [2.45, 2.75) is 70.2 Å². The van der Waals surface area contributed by atoms with Crippen molar-refractivity contribution in [1.82, 2.24) is 10.6 Å². The summed E-state index contributed by atoms with van der Waals surface area (Å²) >= 11 is 0. The normalized spacial score (nSPS) is 23.1. The molecule has 1 unspecified atom stereocenters. The molecule has 0 radical (unpaired) electrons. The Labute approximate surface area is 197 Å². The van der Waals surface area contributed by atoms with Crippen LogP contribution in [0.25, 0.3) is 0 Å². The Balaban J connectivity index is 1.78. The molecule has 0 bridgehead atoms. The van der Waals surface area contributed by atoms with Crippen LogP contribution in [0.2, 0.25) is 0 Å². The fourth-order valence-electron chi connectivity index (χ4n) is 3.82. The van der Waals surface area contributed by atoms with Gasteiger partial charge in [-0.15, -0.1) is 0 Å². The predicted octanol–water partition coefficient (Wildman–Crippen LogP) is 3.88. The lowest BCUT2D eigenvalue weighted by molar-refractivity contribution is -0.278. The third kappa shape index (κ3) is 5.72. The zero-order chi connectivity index (χ0) is 26.3. The number of ketones is 1. The maximum absolute atomic E-state index is 14.0. The molecule has 1 saturated carbocycles. The SMILES string of the molecule is C[C@H]1Oc2ccc(F)cc2C(CC2CC2)C(=O)[C@H]1NC(=O)C(C)(C)C(=O)NCC(F)(F)C(F)(F)F. The van der Waals surface area contributed by atoms with Gasteiger partial charge >= 0.3 is 12.1 Å². The first-order valence-electron chi connectivity index (χ1n) is 11.1. The molecule has 3 atom stereocenters. The Hall–Kier alpha value is -2.79. The molecule has 2 aliphatic rings. The maximum Gasteiger partial charge on any atom is 0.455 e. The molecule has 2 N–H and O–H groups in total. The van der Waals surface area contributed by atoms with Crippen LogP contribution < -0.4 is 15.4 Å². The quantitative estimate of drug-likeness (QED) is 0.433. The summed E-state index contributed by atoms with van der Waals surface area (Å²) in [4.78, 5) is 38.7. The number of carbonyl (C=O) groups excluding carboxylic acids is 3. The first-order chi connectivity index (χ1) is 16.0. The van der Waals surface area contributed by atoms with Gasteiger partial charge in [0.25, 0.3) is 0 Å². The average molecular weight is 508 g/mol. The van der Waals surface area contributed by atoms with Crippen LogP contribution >= 0.6 is 0 Å². The van der Waals surface area contributed by atoms with E-state index in [9.17, 15) is 40.7 Å². The zero-order valence-electron chi connectivity index (χ0n) is 19.3. The van der Waals surface area contributed by atoms with Crippen LogP contribution in [0, 0.1) is 17.2 Å². The lowest BCUT2D eigenvalue weighted by Gasteiger charge is -2.29. The molecular formula is C23H26F6N2O4. The molecule has 1 aromatic rings. The van der Waals surface area contributed by atoms with Crippen molar-refractivity contribution in [1.29, 1.82) is 0 Å². The topological polar surface area (TPSA) is 84.5 Å². The largest absolute Gasteiger partial charge is 0.488 e. The molecule has 1 aliphatic heterocycles. The van der Waals surface area contributed by atoms with Gasteiger partial charge in [-0.25, -0.2) is 4.39 Å². The van der Waals surface area contributed by atoms with E-state index in [2.05, 4.69) is 5.32 Å². The highest BCUT2D eigenvalue weighted by Gasteiger charge is 2.58. The second-order valence-corrected chi connectivity index (χ2v) is 9.60. The number of hydrogen-bond donors (Lipinski definition) is 2. The third-order valence-corrected chi connectivity index (χ3v) is 6.35. The number of Topliss-reactive ketones (excluding diaryl/α,β-unsaturated/α-hetero) is 1. The maximum atomic E-state index is 14.0. The van der Waals surface area contributed by atoms with Crippen LogP contribution in [-0.2, 0) is 14.4 Å². The zero-order valence-corrected chi connectivity index (χ0v) is 19.3. The standard InChI is InChI=1S/C23H26F6N2O4/c1-11-17(31-20(34)21(2,3)19(33)30-10-22(25,26)23(27,28)29)18(32)15(8-12-4-5-12)14-9-13(24)6-7-16(14)35-11/h6-7,9,11-12,15,17H,4-5,8,10H2,1-3H3,(H,30,33)(H,31,34)/t11-,15?,17+/m1/s1. The van der Waals surface area contributed by atoms with Crippen molar-refractivity contribution in [3.63, 3.8) is 0 Å². The van der Waals surface area contributed by atoms with E-state index >= 15 is 0 Å². The summed E-state index contributed by atoms with van der Waals surface area (Å²) in [7, 11) is 0. The van der Waals surface area contributed by atoms with Crippen LogP contribution in [0.4, 0.5) is 26.3 Å². The van der Waals surface area contributed by atoms with Crippen molar-refractivity contribution < 1.29 is 45.5 Å². The van der Waals surface area contributed by atoms with Crippen molar-refractivity contribution in [3.05, 3.63) is 29.6 Å². The van der Waals surface area contributed by atoms with Gasteiger partial charge in [0.05, 0.1) is 6.54 Å². The summed E-state index contributed by atoms with van der Waals surface area (Å²) in [6.45, 7) is 1.51. The number of rotatable bonds is 7. The number of ether oxygens (including phenoxy) is 1. The first-order valence-corrected chi connectivity index (χ1v) is 11.1. The molecule has 0 aromatic heterocycles. The molecule has 1 heterocycles. The number of nitrogens with one attached hydrogen (secondary N) is 2. The molecule has 1 fully saturated rings. The van der Waals surface area contributed by atoms with Crippen molar-refractivity contribution in [3.8, 4) is 5.75 Å². The van der Waals surface area contributed by atoms with Gasteiger partial charge in [-0.3, -0.25) is 14.4 Å². The average Bonchev–Trinajstić information content (AvgIpc) is 3.58. The van der Waals surface area contributed by atoms with Gasteiger partial charge in [-0.1, -0.05) is 12.8 Å². The smallest absolute Gasteiger partial charge is 0.455 e. The van der Waals surface area contributed by atoms with Gasteiger partial charge in [0.2, 0.25) is 11.8 Å². The van der Waals surface area contributed by atoms with E-state index in [1.807, 2.05) is 0 Å². The van der Waals surface area contributed by atoms with Gasteiger partial charge in [-0.2, -0.15) is 22.0 Å². The van der Waals surface area contributed by atoms with Crippen LogP contribution in [0.1, 0.15) is 51.5 Å². The van der Waals surface area contributed by atoms with Gasteiger partial charge in [-0.05, 0) is 51.3 Å². The molecule has 3 rings (SSSR count). The molecule has 2 amide bonds. The summed E-state index contributed by atoms with van der Waals surface area (Å²) in [6.07, 6.45) is -4.60. The van der Waals surface area contributed by atoms with Gasteiger partial charge in [0.15, 0.2) is 5.78 Å². The Bertz CT molecular complexity index is 1010. The minimum atomic E-state index is -5.88. The predicted molar refractivity (Wildman–Crippen MR) is 111 cm³/mol. The van der Waals surface area contributed by atoms with Crippen LogP contribution in [0.15, 0.2) is 18.2 Å². The van der Waals surface area contributed by atoms with E-state index in [1.54, 1.807) is 0 Å². The Morgan fingerprint density at radius 2 is 1.71 bits per heavy atom. The number of carbonyl (C=O) groups is 3. The van der Waals surface area contributed by atoms with E-state index in [0.29, 0.717) is 12.0 Å². The van der Waals surface area contributed by atoms with Gasteiger partial charge in [0.1, 0.15) is 29.1 Å². The second-order valence-electron chi connectivity index (χ2n) is 9.60. The van der Waals surface area contributed by atoms with Gasteiger partial charge < -0.3 is 15.4 Å². The molecule has 0 spiro atoms. The first kappa shape index (κ1) is 26.8. The minimum Gasteiger partial charge on any atom is -0.488 e. The summed E-state index contributed by atoms with van der Waals surface area (Å²) in [5.41, 5.74) is -1.75. The van der Waals surface area contributed by atoms with Crippen molar-refractivity contribution in [2.24, 2.45) is 11.3 Å². The number of alkyl halides is 5. The molecule has 1 aromatic carbocycles. The van der Waals surface area contributed by atoms with Crippen molar-refractivity contribution in [2.75, 3.05) is 6.54 Å². The highest BCUT2D eigenvalue weighted by Crippen LogP contribution is 2.43. The van der Waals surface area contributed by atoms with E-state index in [4.69, 9.17) is 4.74 Å². The molecule has 0 saturated heterocycles.